The zero-order valence-corrected chi connectivity index (χ0v) is 12.2. The normalized spacial score (nSPS) is 11.8. The van der Waals surface area contributed by atoms with Gasteiger partial charge in [-0.3, -0.25) is 9.59 Å². The van der Waals surface area contributed by atoms with Crippen LogP contribution in [-0.2, 0) is 0 Å². The Labute approximate surface area is 123 Å². The summed E-state index contributed by atoms with van der Waals surface area (Å²) in [6.45, 7) is 2.23. The first-order valence-corrected chi connectivity index (χ1v) is 6.14. The molecule has 6 heteroatoms. The van der Waals surface area contributed by atoms with E-state index in [1.165, 1.54) is 4.90 Å². The van der Waals surface area contributed by atoms with Gasteiger partial charge >= 0.3 is 0 Å². The van der Waals surface area contributed by atoms with Crippen LogP contribution in [0.25, 0.3) is 10.8 Å². The van der Waals surface area contributed by atoms with Gasteiger partial charge in [0.15, 0.2) is 0 Å². The van der Waals surface area contributed by atoms with Crippen LogP contribution < -0.4 is 11.3 Å². The molecule has 1 atom stereocenters. The maximum atomic E-state index is 12.2. The highest BCUT2D eigenvalue weighted by atomic mass is 35.5. The molecule has 5 nitrogen and oxygen atoms in total. The van der Waals surface area contributed by atoms with E-state index in [0.29, 0.717) is 11.9 Å². The fourth-order valence-corrected chi connectivity index (χ4v) is 1.87. The van der Waals surface area contributed by atoms with Crippen molar-refractivity contribution in [2.75, 3.05) is 13.6 Å². The molecule has 0 aliphatic heterocycles. The number of benzene rings is 1. The number of nitrogens with zero attached hydrogens (tertiary/aromatic N) is 1. The van der Waals surface area contributed by atoms with Crippen LogP contribution in [0.2, 0.25) is 0 Å². The number of fused-ring (bicyclic) bond motifs is 1. The number of hydrogen-bond acceptors (Lipinski definition) is 3. The van der Waals surface area contributed by atoms with Crippen LogP contribution in [0.1, 0.15) is 17.4 Å². The molecule has 1 aromatic heterocycles. The number of likely N-dealkylation sites (N-methyl/N-ethyl adjacent to an activating group) is 1. The fourth-order valence-electron chi connectivity index (χ4n) is 1.87. The number of hydrogen-bond donors (Lipinski definition) is 2. The highest BCUT2D eigenvalue weighted by Crippen LogP contribution is 2.11. The highest BCUT2D eigenvalue weighted by Gasteiger charge is 2.17. The average molecular weight is 296 g/mol. The van der Waals surface area contributed by atoms with Crippen LogP contribution in [0.4, 0.5) is 0 Å². The van der Waals surface area contributed by atoms with E-state index >= 15 is 0 Å². The Morgan fingerprint density at radius 2 is 2.05 bits per heavy atom. The summed E-state index contributed by atoms with van der Waals surface area (Å²) in [5.74, 6) is -0.235. The van der Waals surface area contributed by atoms with Crippen molar-refractivity contribution >= 4 is 29.1 Å². The summed E-state index contributed by atoms with van der Waals surface area (Å²) < 4.78 is 0. The van der Waals surface area contributed by atoms with Gasteiger partial charge in [-0.05, 0) is 24.4 Å². The van der Waals surface area contributed by atoms with Crippen molar-refractivity contribution in [1.29, 1.82) is 0 Å². The predicted molar refractivity (Wildman–Crippen MR) is 82.4 cm³/mol. The quantitative estimate of drug-likeness (QED) is 0.897. The minimum Gasteiger partial charge on any atom is -0.336 e. The lowest BCUT2D eigenvalue weighted by Crippen LogP contribution is -2.40. The smallest absolute Gasteiger partial charge is 0.270 e. The molecule has 2 aromatic rings. The molecule has 1 unspecified atom stereocenters. The molecular formula is C14H18ClN3O2. The van der Waals surface area contributed by atoms with E-state index in [1.807, 2.05) is 19.1 Å². The SMILES string of the molecule is CC(CN)N(C)C(=O)c1cc2ccccc2c(=O)[nH]1.Cl. The lowest BCUT2D eigenvalue weighted by molar-refractivity contribution is 0.0742. The van der Waals surface area contributed by atoms with E-state index < -0.39 is 0 Å². The van der Waals surface area contributed by atoms with E-state index in [-0.39, 0.29) is 35.6 Å². The minimum absolute atomic E-state index is 0. The molecule has 20 heavy (non-hydrogen) atoms. The van der Waals surface area contributed by atoms with E-state index in [4.69, 9.17) is 5.73 Å². The predicted octanol–water partition coefficient (Wildman–Crippen LogP) is 1.37. The molecule has 0 fully saturated rings. The van der Waals surface area contributed by atoms with Gasteiger partial charge in [0.1, 0.15) is 5.69 Å². The zero-order valence-electron chi connectivity index (χ0n) is 11.4. The summed E-state index contributed by atoms with van der Waals surface area (Å²) in [5.41, 5.74) is 5.57. The van der Waals surface area contributed by atoms with Crippen molar-refractivity contribution in [1.82, 2.24) is 9.88 Å². The van der Waals surface area contributed by atoms with E-state index in [2.05, 4.69) is 4.98 Å². The van der Waals surface area contributed by atoms with E-state index in [0.717, 1.165) is 5.39 Å². The molecule has 0 aliphatic rings. The number of rotatable bonds is 3. The molecule has 2 rings (SSSR count). The molecule has 0 saturated heterocycles. The van der Waals surface area contributed by atoms with Crippen LogP contribution >= 0.6 is 12.4 Å². The second kappa shape index (κ2) is 6.54. The Morgan fingerprint density at radius 1 is 1.40 bits per heavy atom. The average Bonchev–Trinajstić information content (AvgIpc) is 2.44. The molecule has 0 aliphatic carbocycles. The molecule has 0 saturated carbocycles. The molecule has 0 bridgehead atoms. The topological polar surface area (TPSA) is 79.2 Å². The van der Waals surface area contributed by atoms with Crippen LogP contribution in [0.5, 0.6) is 0 Å². The number of aromatic nitrogens is 1. The second-order valence-electron chi connectivity index (χ2n) is 4.60. The van der Waals surface area contributed by atoms with Gasteiger partial charge in [-0.15, -0.1) is 12.4 Å². The van der Waals surface area contributed by atoms with Crippen LogP contribution in [0.15, 0.2) is 35.1 Å². The summed E-state index contributed by atoms with van der Waals surface area (Å²) in [4.78, 5) is 28.3. The number of aromatic amines is 1. The van der Waals surface area contributed by atoms with Gasteiger partial charge in [0.2, 0.25) is 0 Å². The summed E-state index contributed by atoms with van der Waals surface area (Å²) in [7, 11) is 1.67. The number of halogens is 1. The summed E-state index contributed by atoms with van der Waals surface area (Å²) in [5, 5.41) is 1.33. The molecule has 0 radical (unpaired) electrons. The fraction of sp³-hybridized carbons (Fsp3) is 0.286. The van der Waals surface area contributed by atoms with Crippen molar-refractivity contribution in [3.05, 3.63) is 46.4 Å². The third kappa shape index (κ3) is 3.00. The zero-order chi connectivity index (χ0) is 14.0. The highest BCUT2D eigenvalue weighted by molar-refractivity contribution is 5.96. The summed E-state index contributed by atoms with van der Waals surface area (Å²) >= 11 is 0. The first kappa shape index (κ1) is 16.2. The van der Waals surface area contributed by atoms with E-state index in [1.54, 1.807) is 25.2 Å². The third-order valence-corrected chi connectivity index (χ3v) is 3.31. The van der Waals surface area contributed by atoms with Crippen LogP contribution in [0, 0.1) is 0 Å². The molecule has 1 heterocycles. The number of amides is 1. The van der Waals surface area contributed by atoms with Gasteiger partial charge in [-0.25, -0.2) is 0 Å². The number of H-pyrrole nitrogens is 1. The summed E-state index contributed by atoms with van der Waals surface area (Å²) in [6, 6.07) is 8.79. The number of nitrogens with two attached hydrogens (primary N) is 1. The lowest BCUT2D eigenvalue weighted by Gasteiger charge is -2.23. The van der Waals surface area contributed by atoms with Crippen molar-refractivity contribution in [3.63, 3.8) is 0 Å². The second-order valence-corrected chi connectivity index (χ2v) is 4.60. The van der Waals surface area contributed by atoms with Gasteiger partial charge in [-0.2, -0.15) is 0 Å². The third-order valence-electron chi connectivity index (χ3n) is 3.31. The Bertz CT molecular complexity index is 669. The molecule has 1 aromatic carbocycles. The number of carbonyl (C=O) groups excluding carboxylic acids is 1. The van der Waals surface area contributed by atoms with Gasteiger partial charge in [0.25, 0.3) is 11.5 Å². The van der Waals surface area contributed by atoms with Gasteiger partial charge in [0.05, 0.1) is 0 Å². The van der Waals surface area contributed by atoms with Crippen molar-refractivity contribution in [2.45, 2.75) is 13.0 Å². The Hall–Kier alpha value is -1.85. The van der Waals surface area contributed by atoms with Crippen molar-refractivity contribution < 1.29 is 4.79 Å². The molecular weight excluding hydrogens is 278 g/mol. The molecule has 3 N–H and O–H groups in total. The maximum absolute atomic E-state index is 12.2. The van der Waals surface area contributed by atoms with Crippen molar-refractivity contribution in [2.24, 2.45) is 5.73 Å². The monoisotopic (exact) mass is 295 g/mol. The number of nitrogens with one attached hydrogen (secondary N) is 1. The lowest BCUT2D eigenvalue weighted by atomic mass is 10.1. The standard InChI is InChI=1S/C14H17N3O2.ClH/c1-9(8-15)17(2)14(19)12-7-10-5-3-4-6-11(10)13(18)16-12;/h3-7,9H,8,15H2,1-2H3,(H,16,18);1H. The van der Waals surface area contributed by atoms with Gasteiger partial charge < -0.3 is 15.6 Å². The first-order chi connectivity index (χ1) is 9.04. The van der Waals surface area contributed by atoms with Crippen molar-refractivity contribution in [3.8, 4) is 0 Å². The minimum atomic E-state index is -0.254. The molecule has 1 amide bonds. The summed E-state index contributed by atoms with van der Waals surface area (Å²) in [6.07, 6.45) is 0. The largest absolute Gasteiger partial charge is 0.336 e. The number of pyridine rings is 1. The van der Waals surface area contributed by atoms with Crippen LogP contribution in [0.3, 0.4) is 0 Å². The molecule has 0 spiro atoms. The maximum Gasteiger partial charge on any atom is 0.270 e. The van der Waals surface area contributed by atoms with Gasteiger partial charge in [0, 0.05) is 25.0 Å². The first-order valence-electron chi connectivity index (χ1n) is 6.14. The Balaban J connectivity index is 0.00000200. The number of carbonyl (C=O) groups is 1. The van der Waals surface area contributed by atoms with Gasteiger partial charge in [-0.1, -0.05) is 18.2 Å². The Kier molecular flexibility index (Phi) is 5.30. The molecule has 108 valence electrons. The van der Waals surface area contributed by atoms with E-state index in [9.17, 15) is 9.59 Å². The Morgan fingerprint density at radius 3 is 2.70 bits per heavy atom. The van der Waals surface area contributed by atoms with Crippen LogP contribution in [-0.4, -0.2) is 35.4 Å².